The van der Waals surface area contributed by atoms with E-state index in [1.54, 1.807) is 0 Å². The Balaban J connectivity index is 2.31. The molecule has 0 aromatic carbocycles. The van der Waals surface area contributed by atoms with Crippen LogP contribution in [0.15, 0.2) is 0 Å². The normalized spacial score (nSPS) is 41.6. The third-order valence-corrected chi connectivity index (χ3v) is 5.44. The summed E-state index contributed by atoms with van der Waals surface area (Å²) in [6.07, 6.45) is 0. The molecule has 0 spiro atoms. The Kier molecular flexibility index (Phi) is 2.84. The predicted molar refractivity (Wildman–Crippen MR) is 61.1 cm³/mol. The monoisotopic (exact) mass is 264 g/mol. The summed E-state index contributed by atoms with van der Waals surface area (Å²) in [5.41, 5.74) is 5.68. The van der Waals surface area contributed by atoms with Crippen LogP contribution in [0, 0.1) is 0 Å². The minimum absolute atomic E-state index is 0.152. The average Bonchev–Trinajstić information content (AvgIpc) is 2.59. The van der Waals surface area contributed by atoms with Crippen LogP contribution >= 0.6 is 23.4 Å². The minimum atomic E-state index is -0.628. The molecule has 0 unspecified atom stereocenters. The Morgan fingerprint density at radius 1 is 1.75 bits per heavy atom. The number of amides is 1. The second-order valence-electron chi connectivity index (χ2n) is 4.15. The number of methoxy groups -OCH3 is 1. The minimum Gasteiger partial charge on any atom is -0.467 e. The van der Waals surface area contributed by atoms with Gasteiger partial charge in [-0.25, -0.2) is 4.79 Å². The van der Waals surface area contributed by atoms with E-state index < -0.39 is 22.8 Å². The molecule has 2 saturated heterocycles. The smallest absolute Gasteiger partial charge is 0.330 e. The van der Waals surface area contributed by atoms with Crippen LogP contribution in [0.1, 0.15) is 6.92 Å². The molecular formula is C9H13ClN2O3S. The highest BCUT2D eigenvalue weighted by Gasteiger charge is 2.64. The van der Waals surface area contributed by atoms with Gasteiger partial charge in [-0.2, -0.15) is 0 Å². The molecule has 16 heavy (non-hydrogen) atoms. The number of hydrogen-bond acceptors (Lipinski definition) is 5. The molecule has 0 aromatic heterocycles. The van der Waals surface area contributed by atoms with Crippen molar-refractivity contribution in [1.29, 1.82) is 0 Å². The highest BCUT2D eigenvalue weighted by Crippen LogP contribution is 2.51. The Labute approximate surface area is 103 Å². The largest absolute Gasteiger partial charge is 0.467 e. The van der Waals surface area contributed by atoms with Crippen molar-refractivity contribution >= 4 is 35.2 Å². The molecule has 0 aromatic rings. The summed E-state index contributed by atoms with van der Waals surface area (Å²) in [4.78, 5) is 24.8. The number of hydrogen-bond donors (Lipinski definition) is 1. The van der Waals surface area contributed by atoms with Gasteiger partial charge in [-0.3, -0.25) is 4.79 Å². The highest BCUT2D eigenvalue weighted by molar-refractivity contribution is 8.01. The Bertz CT molecular complexity index is 354. The number of esters is 1. The molecule has 4 atom stereocenters. The van der Waals surface area contributed by atoms with Gasteiger partial charge in [0, 0.05) is 5.88 Å². The summed E-state index contributed by atoms with van der Waals surface area (Å²) >= 11 is 7.36. The zero-order valence-electron chi connectivity index (χ0n) is 8.97. The molecule has 0 aliphatic carbocycles. The maximum Gasteiger partial charge on any atom is 0.330 e. The molecule has 7 heteroatoms. The maximum atomic E-state index is 11.7. The van der Waals surface area contributed by atoms with E-state index in [2.05, 4.69) is 0 Å². The first kappa shape index (κ1) is 12.0. The number of fused-ring (bicyclic) bond motifs is 1. The van der Waals surface area contributed by atoms with Crippen molar-refractivity contribution in [3.63, 3.8) is 0 Å². The number of carbonyl (C=O) groups is 2. The van der Waals surface area contributed by atoms with Crippen LogP contribution in [0.3, 0.4) is 0 Å². The SMILES string of the molecule is COC(=O)[C@@H]1N2C(=O)[C@@H](N)[C@@H]2S[C@@]1(C)CCl. The molecule has 0 saturated carbocycles. The first-order valence-electron chi connectivity index (χ1n) is 4.85. The van der Waals surface area contributed by atoms with Gasteiger partial charge in [0.25, 0.3) is 0 Å². The first-order chi connectivity index (χ1) is 7.46. The third-order valence-electron chi connectivity index (χ3n) is 3.06. The van der Waals surface area contributed by atoms with E-state index in [9.17, 15) is 9.59 Å². The van der Waals surface area contributed by atoms with E-state index in [0.717, 1.165) is 0 Å². The second-order valence-corrected chi connectivity index (χ2v) is 6.07. The molecule has 2 heterocycles. The van der Waals surface area contributed by atoms with E-state index in [1.807, 2.05) is 6.92 Å². The van der Waals surface area contributed by atoms with E-state index in [0.29, 0.717) is 0 Å². The lowest BCUT2D eigenvalue weighted by Crippen LogP contribution is -2.69. The molecule has 1 amide bonds. The summed E-state index contributed by atoms with van der Waals surface area (Å²) in [7, 11) is 1.30. The topological polar surface area (TPSA) is 72.6 Å². The van der Waals surface area contributed by atoms with Crippen molar-refractivity contribution in [2.45, 2.75) is 29.1 Å². The van der Waals surface area contributed by atoms with Crippen LogP contribution in [0.2, 0.25) is 0 Å². The number of nitrogens with two attached hydrogens (primary N) is 1. The maximum absolute atomic E-state index is 11.7. The fourth-order valence-electron chi connectivity index (χ4n) is 2.13. The van der Waals surface area contributed by atoms with Crippen LogP contribution in [0.25, 0.3) is 0 Å². The Hall–Kier alpha value is -0.460. The van der Waals surface area contributed by atoms with Gasteiger partial charge in [-0.15, -0.1) is 23.4 Å². The summed E-state index contributed by atoms with van der Waals surface area (Å²) < 4.78 is 4.20. The van der Waals surface area contributed by atoms with Crippen molar-refractivity contribution < 1.29 is 14.3 Å². The van der Waals surface area contributed by atoms with Crippen molar-refractivity contribution in [2.75, 3.05) is 13.0 Å². The fourth-order valence-corrected chi connectivity index (χ4v) is 4.02. The third kappa shape index (κ3) is 1.36. The number of halogens is 1. The number of rotatable bonds is 2. The van der Waals surface area contributed by atoms with Gasteiger partial charge >= 0.3 is 5.97 Å². The Morgan fingerprint density at radius 3 is 2.88 bits per heavy atom. The van der Waals surface area contributed by atoms with Gasteiger partial charge in [0.2, 0.25) is 5.91 Å². The van der Waals surface area contributed by atoms with Crippen molar-refractivity contribution in [3.05, 3.63) is 0 Å². The van der Waals surface area contributed by atoms with Crippen LogP contribution < -0.4 is 5.73 Å². The Morgan fingerprint density at radius 2 is 2.38 bits per heavy atom. The summed E-state index contributed by atoms with van der Waals surface area (Å²) in [6, 6.07) is -1.15. The van der Waals surface area contributed by atoms with Gasteiger partial charge in [0.15, 0.2) is 0 Å². The van der Waals surface area contributed by atoms with Crippen LogP contribution in [0.5, 0.6) is 0 Å². The highest BCUT2D eigenvalue weighted by atomic mass is 35.5. The van der Waals surface area contributed by atoms with Gasteiger partial charge in [0.05, 0.1) is 11.9 Å². The van der Waals surface area contributed by atoms with E-state index in [-0.39, 0.29) is 17.2 Å². The van der Waals surface area contributed by atoms with Gasteiger partial charge in [-0.05, 0) is 6.92 Å². The zero-order valence-corrected chi connectivity index (χ0v) is 10.5. The number of thioether (sulfide) groups is 1. The average molecular weight is 265 g/mol. The summed E-state index contributed by atoms with van der Waals surface area (Å²) in [5, 5.41) is -0.152. The molecule has 2 fully saturated rings. The van der Waals surface area contributed by atoms with Crippen LogP contribution in [0.4, 0.5) is 0 Å². The van der Waals surface area contributed by atoms with Crippen molar-refractivity contribution in [1.82, 2.24) is 4.90 Å². The lowest BCUT2D eigenvalue weighted by Gasteiger charge is -2.41. The molecular weight excluding hydrogens is 252 g/mol. The molecule has 2 aliphatic heterocycles. The molecule has 0 bridgehead atoms. The number of ether oxygens (including phenoxy) is 1. The van der Waals surface area contributed by atoms with E-state index in [4.69, 9.17) is 22.1 Å². The molecule has 90 valence electrons. The predicted octanol–water partition coefficient (Wildman–Crippen LogP) is -0.232. The number of nitrogens with zero attached hydrogens (tertiary/aromatic N) is 1. The van der Waals surface area contributed by atoms with Crippen molar-refractivity contribution in [3.8, 4) is 0 Å². The number of carbonyl (C=O) groups excluding carboxylic acids is 2. The van der Waals surface area contributed by atoms with Crippen LogP contribution in [-0.4, -0.2) is 52.0 Å². The molecule has 2 aliphatic rings. The zero-order chi connectivity index (χ0) is 12.1. The first-order valence-corrected chi connectivity index (χ1v) is 6.27. The second kappa shape index (κ2) is 3.78. The van der Waals surface area contributed by atoms with E-state index >= 15 is 0 Å². The molecule has 0 radical (unpaired) electrons. The van der Waals surface area contributed by atoms with Crippen molar-refractivity contribution in [2.24, 2.45) is 5.73 Å². The lowest BCUT2D eigenvalue weighted by molar-refractivity contribution is -0.160. The number of alkyl halides is 1. The van der Waals surface area contributed by atoms with Gasteiger partial charge < -0.3 is 15.4 Å². The van der Waals surface area contributed by atoms with Gasteiger partial charge in [-0.1, -0.05) is 0 Å². The lowest BCUT2D eigenvalue weighted by atomic mass is 9.96. The van der Waals surface area contributed by atoms with Gasteiger partial charge in [0.1, 0.15) is 17.5 Å². The quantitative estimate of drug-likeness (QED) is 0.424. The standard InChI is InChI=1S/C9H13ClN2O3S/c1-9(3-10)5(8(14)15-2)12-6(13)4(11)7(12)16-9/h4-5,7H,3,11H2,1-2H3/t4-,5+,7+,9+/m1/s1. The summed E-state index contributed by atoms with van der Waals surface area (Å²) in [6.45, 7) is 1.85. The summed E-state index contributed by atoms with van der Waals surface area (Å²) in [5.74, 6) is -0.370. The van der Waals surface area contributed by atoms with E-state index in [1.165, 1.54) is 23.8 Å². The number of β-lactam (4-membered cyclic amide) rings is 1. The fraction of sp³-hybridized carbons (Fsp3) is 0.778. The molecule has 2 rings (SSSR count). The molecule has 5 nitrogen and oxygen atoms in total. The molecule has 2 N–H and O–H groups in total. The van der Waals surface area contributed by atoms with Crippen LogP contribution in [-0.2, 0) is 14.3 Å².